The van der Waals surface area contributed by atoms with Crippen LogP contribution in [0.4, 0.5) is 20.2 Å². The number of nitrogens with one attached hydrogen (secondary N) is 1. The number of alkyl halides is 2. The van der Waals surface area contributed by atoms with Gasteiger partial charge < -0.3 is 10.8 Å². The minimum absolute atomic E-state index is 0.0117. The zero-order valence-electron chi connectivity index (χ0n) is 20.0. The van der Waals surface area contributed by atoms with E-state index >= 15 is 0 Å². The van der Waals surface area contributed by atoms with Gasteiger partial charge in [-0.1, -0.05) is 54.6 Å². The number of fused-ring (bicyclic) bond motifs is 1. The SMILES string of the molecule is C/C=C\c1c(C)ccc(O)c1-c1cc(NS(=O)(=O)c2cccc(C(C)(F)F)c2)c2ccccc2c1N. The zero-order valence-corrected chi connectivity index (χ0v) is 20.8. The highest BCUT2D eigenvalue weighted by atomic mass is 32.2. The lowest BCUT2D eigenvalue weighted by molar-refractivity contribution is 0.0172. The lowest BCUT2D eigenvalue weighted by atomic mass is 9.91. The molecule has 36 heavy (non-hydrogen) atoms. The van der Waals surface area contributed by atoms with Crippen molar-refractivity contribution in [2.45, 2.75) is 31.6 Å². The number of aromatic hydroxyl groups is 1. The molecule has 0 aliphatic rings. The summed E-state index contributed by atoms with van der Waals surface area (Å²) in [6, 6.07) is 16.6. The number of rotatable bonds is 6. The lowest BCUT2D eigenvalue weighted by Crippen LogP contribution is -2.15. The first-order chi connectivity index (χ1) is 16.9. The minimum atomic E-state index is -4.24. The molecule has 4 aromatic carbocycles. The van der Waals surface area contributed by atoms with Gasteiger partial charge in [0.25, 0.3) is 15.9 Å². The van der Waals surface area contributed by atoms with Crippen LogP contribution in [0.2, 0.25) is 0 Å². The fourth-order valence-electron chi connectivity index (χ4n) is 4.21. The first-order valence-corrected chi connectivity index (χ1v) is 12.7. The normalized spacial score (nSPS) is 12.4. The third-order valence-corrected chi connectivity index (χ3v) is 7.39. The van der Waals surface area contributed by atoms with Gasteiger partial charge in [-0.2, -0.15) is 0 Å². The van der Waals surface area contributed by atoms with Crippen LogP contribution in [0.15, 0.2) is 77.7 Å². The van der Waals surface area contributed by atoms with E-state index in [2.05, 4.69) is 4.72 Å². The standard InChI is InChI=1S/C28H26F2N2O3S/c1-4-8-20-17(2)13-14-25(33)26(20)23-16-24(21-11-5-6-12-22(21)27(23)31)32-36(34,35)19-10-7-9-18(15-19)28(3,29)30/h4-16,32-33H,31H2,1-3H3/b8-4-. The van der Waals surface area contributed by atoms with Gasteiger partial charge in [-0.15, -0.1) is 0 Å². The summed E-state index contributed by atoms with van der Waals surface area (Å²) >= 11 is 0. The molecule has 0 aliphatic carbocycles. The van der Waals surface area contributed by atoms with Crippen molar-refractivity contribution in [1.82, 2.24) is 0 Å². The van der Waals surface area contributed by atoms with E-state index in [0.717, 1.165) is 17.2 Å². The van der Waals surface area contributed by atoms with Gasteiger partial charge in [-0.3, -0.25) is 4.72 Å². The van der Waals surface area contributed by atoms with Crippen LogP contribution in [0.5, 0.6) is 5.75 Å². The van der Waals surface area contributed by atoms with Crippen LogP contribution in [0, 0.1) is 6.92 Å². The summed E-state index contributed by atoms with van der Waals surface area (Å²) in [6.07, 6.45) is 3.68. The average molecular weight is 509 g/mol. The zero-order chi connectivity index (χ0) is 26.3. The second kappa shape index (κ2) is 9.28. The van der Waals surface area contributed by atoms with Gasteiger partial charge in [-0.25, -0.2) is 17.2 Å². The lowest BCUT2D eigenvalue weighted by Gasteiger charge is -2.19. The van der Waals surface area contributed by atoms with Gasteiger partial charge in [0, 0.05) is 40.1 Å². The topological polar surface area (TPSA) is 92.4 Å². The van der Waals surface area contributed by atoms with Crippen molar-refractivity contribution in [2.24, 2.45) is 0 Å². The van der Waals surface area contributed by atoms with Crippen LogP contribution < -0.4 is 10.5 Å². The van der Waals surface area contributed by atoms with Crippen molar-refractivity contribution >= 4 is 38.2 Å². The highest BCUT2D eigenvalue weighted by Crippen LogP contribution is 2.44. The van der Waals surface area contributed by atoms with Crippen LogP contribution in [0.25, 0.3) is 28.0 Å². The Morgan fingerprint density at radius 1 is 1.00 bits per heavy atom. The molecule has 8 heteroatoms. The van der Waals surface area contributed by atoms with Crippen molar-refractivity contribution < 1.29 is 22.3 Å². The Balaban J connectivity index is 1.95. The molecule has 4 N–H and O–H groups in total. The Bertz CT molecular complexity index is 1610. The van der Waals surface area contributed by atoms with E-state index in [1.165, 1.54) is 18.2 Å². The first kappa shape index (κ1) is 25.2. The number of benzene rings is 4. The number of halogens is 2. The van der Waals surface area contributed by atoms with Crippen LogP contribution >= 0.6 is 0 Å². The van der Waals surface area contributed by atoms with Crippen molar-refractivity contribution in [3.8, 4) is 16.9 Å². The number of aryl methyl sites for hydroxylation is 1. The Hall–Kier alpha value is -3.91. The van der Waals surface area contributed by atoms with Gasteiger partial charge in [-0.05, 0) is 49.2 Å². The molecular weight excluding hydrogens is 482 g/mol. The Labute approximate surface area is 209 Å². The number of nitrogens with two attached hydrogens (primary N) is 1. The molecule has 4 rings (SSSR count). The van der Waals surface area contributed by atoms with Crippen LogP contribution in [-0.2, 0) is 15.9 Å². The van der Waals surface area contributed by atoms with Gasteiger partial charge >= 0.3 is 0 Å². The monoisotopic (exact) mass is 508 g/mol. The Kier molecular flexibility index (Phi) is 6.49. The summed E-state index contributed by atoms with van der Waals surface area (Å²) in [7, 11) is -4.24. The largest absolute Gasteiger partial charge is 0.507 e. The Morgan fingerprint density at radius 3 is 2.36 bits per heavy atom. The maximum absolute atomic E-state index is 13.9. The number of phenols is 1. The highest BCUT2D eigenvalue weighted by Gasteiger charge is 2.27. The minimum Gasteiger partial charge on any atom is -0.507 e. The molecule has 5 nitrogen and oxygen atoms in total. The van der Waals surface area contributed by atoms with E-state index in [9.17, 15) is 22.3 Å². The molecule has 0 heterocycles. The quantitative estimate of drug-likeness (QED) is 0.243. The molecular formula is C28H26F2N2O3S. The van der Waals surface area contributed by atoms with E-state index < -0.39 is 21.5 Å². The van der Waals surface area contributed by atoms with E-state index in [0.29, 0.717) is 34.5 Å². The molecule has 0 saturated carbocycles. The Morgan fingerprint density at radius 2 is 1.69 bits per heavy atom. The summed E-state index contributed by atoms with van der Waals surface area (Å²) in [6.45, 7) is 4.46. The molecule has 0 aliphatic heterocycles. The molecule has 0 bridgehead atoms. The highest BCUT2D eigenvalue weighted by molar-refractivity contribution is 7.92. The van der Waals surface area contributed by atoms with Crippen LogP contribution in [0.1, 0.15) is 30.5 Å². The molecule has 0 spiro atoms. The van der Waals surface area contributed by atoms with E-state index in [1.54, 1.807) is 42.5 Å². The molecule has 0 aromatic heterocycles. The predicted molar refractivity (Wildman–Crippen MR) is 142 cm³/mol. The van der Waals surface area contributed by atoms with Crippen LogP contribution in [-0.4, -0.2) is 13.5 Å². The number of hydrogen-bond donors (Lipinski definition) is 3. The summed E-state index contributed by atoms with van der Waals surface area (Å²) in [5.41, 5.74) is 9.25. The number of allylic oxidation sites excluding steroid dienone is 1. The predicted octanol–water partition coefficient (Wildman–Crippen LogP) is 7.05. The fourth-order valence-corrected chi connectivity index (χ4v) is 5.32. The first-order valence-electron chi connectivity index (χ1n) is 11.2. The summed E-state index contributed by atoms with van der Waals surface area (Å²) in [5, 5.41) is 11.9. The fraction of sp³-hybridized carbons (Fsp3) is 0.143. The van der Waals surface area contributed by atoms with Gasteiger partial charge in [0.15, 0.2) is 0 Å². The summed E-state index contributed by atoms with van der Waals surface area (Å²) in [5.74, 6) is -3.21. The number of nitrogen functional groups attached to an aromatic ring is 1. The number of hydrogen-bond acceptors (Lipinski definition) is 4. The summed E-state index contributed by atoms with van der Waals surface area (Å²) < 4.78 is 56.9. The molecule has 0 atom stereocenters. The van der Waals surface area contributed by atoms with Crippen molar-refractivity contribution in [3.05, 3.63) is 89.5 Å². The summed E-state index contributed by atoms with van der Waals surface area (Å²) in [4.78, 5) is -0.294. The smallest absolute Gasteiger partial charge is 0.270 e. The molecule has 0 amide bonds. The third-order valence-electron chi connectivity index (χ3n) is 6.03. The molecule has 186 valence electrons. The maximum atomic E-state index is 13.9. The van der Waals surface area contributed by atoms with Crippen molar-refractivity contribution in [3.63, 3.8) is 0 Å². The van der Waals surface area contributed by atoms with E-state index in [4.69, 9.17) is 5.73 Å². The number of sulfonamides is 1. The van der Waals surface area contributed by atoms with Crippen LogP contribution in [0.3, 0.4) is 0 Å². The molecule has 0 fully saturated rings. The second-order valence-corrected chi connectivity index (χ2v) is 10.3. The third kappa shape index (κ3) is 4.64. The van der Waals surface area contributed by atoms with Gasteiger partial charge in [0.2, 0.25) is 0 Å². The molecule has 0 saturated heterocycles. The maximum Gasteiger partial charge on any atom is 0.270 e. The molecule has 0 radical (unpaired) electrons. The van der Waals surface area contributed by atoms with E-state index in [-0.39, 0.29) is 16.3 Å². The molecule has 4 aromatic rings. The number of anilines is 2. The second-order valence-electron chi connectivity index (χ2n) is 8.64. The average Bonchev–Trinajstić information content (AvgIpc) is 2.83. The van der Waals surface area contributed by atoms with Crippen molar-refractivity contribution in [2.75, 3.05) is 10.5 Å². The molecule has 0 unspecified atom stereocenters. The van der Waals surface area contributed by atoms with Gasteiger partial charge in [0.1, 0.15) is 5.75 Å². The van der Waals surface area contributed by atoms with E-state index in [1.807, 2.05) is 26.0 Å². The van der Waals surface area contributed by atoms with Gasteiger partial charge in [0.05, 0.1) is 10.6 Å². The number of phenolic OH excluding ortho intramolecular Hbond substituents is 1. The van der Waals surface area contributed by atoms with Crippen molar-refractivity contribution in [1.29, 1.82) is 0 Å².